The van der Waals surface area contributed by atoms with E-state index in [-0.39, 0.29) is 12.4 Å². The Balaban J connectivity index is 0.00000144. The van der Waals surface area contributed by atoms with Crippen molar-refractivity contribution in [3.05, 3.63) is 30.1 Å². The Morgan fingerprint density at radius 1 is 1.31 bits per heavy atom. The van der Waals surface area contributed by atoms with E-state index in [1.807, 2.05) is 0 Å². The number of aromatic nitrogens is 1. The van der Waals surface area contributed by atoms with Crippen LogP contribution in [0.1, 0.15) is 11.8 Å². The van der Waals surface area contributed by atoms with Gasteiger partial charge >= 0.3 is 0 Å². The number of aliphatic hydroxyl groups is 3. The second-order valence-corrected chi connectivity index (χ2v) is 2.45. The van der Waals surface area contributed by atoms with Crippen molar-refractivity contribution in [3.8, 4) is 0 Å². The van der Waals surface area contributed by atoms with Crippen LogP contribution in [0.5, 0.6) is 0 Å². The van der Waals surface area contributed by atoms with Gasteiger partial charge in [0.25, 0.3) is 0 Å². The molecule has 4 nitrogen and oxygen atoms in total. The first-order valence-electron chi connectivity index (χ1n) is 3.63. The first kappa shape index (κ1) is 12.3. The summed E-state index contributed by atoms with van der Waals surface area (Å²) in [6.07, 6.45) is -0.765. The van der Waals surface area contributed by atoms with Crippen molar-refractivity contribution >= 4 is 12.4 Å². The summed E-state index contributed by atoms with van der Waals surface area (Å²) in [4.78, 5) is 3.83. The third-order valence-corrected chi connectivity index (χ3v) is 1.54. The second kappa shape index (κ2) is 5.88. The topological polar surface area (TPSA) is 73.6 Å². The van der Waals surface area contributed by atoms with Gasteiger partial charge in [-0.15, -0.1) is 12.4 Å². The Labute approximate surface area is 82.3 Å². The van der Waals surface area contributed by atoms with E-state index in [1.54, 1.807) is 18.2 Å². The molecule has 0 aliphatic rings. The van der Waals surface area contributed by atoms with Gasteiger partial charge < -0.3 is 15.3 Å². The van der Waals surface area contributed by atoms with Gasteiger partial charge in [0.05, 0.1) is 12.3 Å². The summed E-state index contributed by atoms with van der Waals surface area (Å²) in [5.41, 5.74) is 0.360. The maximum Gasteiger partial charge on any atom is 0.124 e. The highest BCUT2D eigenvalue weighted by Crippen LogP contribution is 2.12. The van der Waals surface area contributed by atoms with Gasteiger partial charge in [0, 0.05) is 6.20 Å². The summed E-state index contributed by atoms with van der Waals surface area (Å²) in [5.74, 6) is 0. The van der Waals surface area contributed by atoms with Crippen molar-refractivity contribution in [1.29, 1.82) is 0 Å². The molecular formula is C8H12ClNO3. The quantitative estimate of drug-likeness (QED) is 0.644. The van der Waals surface area contributed by atoms with Crippen molar-refractivity contribution in [2.45, 2.75) is 12.2 Å². The van der Waals surface area contributed by atoms with Gasteiger partial charge in [-0.1, -0.05) is 6.07 Å². The van der Waals surface area contributed by atoms with E-state index in [0.29, 0.717) is 5.69 Å². The number of rotatable bonds is 3. The van der Waals surface area contributed by atoms with E-state index in [1.165, 1.54) is 6.20 Å². The van der Waals surface area contributed by atoms with Gasteiger partial charge in [0.2, 0.25) is 0 Å². The molecule has 74 valence electrons. The number of pyridine rings is 1. The Morgan fingerprint density at radius 3 is 2.46 bits per heavy atom. The van der Waals surface area contributed by atoms with E-state index in [2.05, 4.69) is 4.98 Å². The minimum Gasteiger partial charge on any atom is -0.394 e. The molecule has 5 heteroatoms. The fourth-order valence-corrected chi connectivity index (χ4v) is 0.848. The normalized spacial score (nSPS) is 14.4. The molecule has 3 N–H and O–H groups in total. The zero-order valence-corrected chi connectivity index (χ0v) is 7.68. The molecule has 1 aromatic rings. The van der Waals surface area contributed by atoms with Crippen LogP contribution in [0.15, 0.2) is 24.4 Å². The zero-order chi connectivity index (χ0) is 8.97. The van der Waals surface area contributed by atoms with Crippen LogP contribution in [0.4, 0.5) is 0 Å². The molecule has 1 heterocycles. The summed E-state index contributed by atoms with van der Waals surface area (Å²) in [6.45, 7) is -0.474. The van der Waals surface area contributed by atoms with Gasteiger partial charge in [-0.25, -0.2) is 0 Å². The molecule has 13 heavy (non-hydrogen) atoms. The van der Waals surface area contributed by atoms with E-state index >= 15 is 0 Å². The molecular weight excluding hydrogens is 194 g/mol. The van der Waals surface area contributed by atoms with E-state index in [0.717, 1.165) is 0 Å². The summed E-state index contributed by atoms with van der Waals surface area (Å²) < 4.78 is 0. The molecule has 0 aliphatic heterocycles. The Hall–Kier alpha value is -0.680. The maximum absolute atomic E-state index is 9.32. The predicted molar refractivity (Wildman–Crippen MR) is 49.5 cm³/mol. The SMILES string of the molecule is Cl.OC[C@@H](O)[C@H](O)c1ccccn1. The number of hydrogen-bond acceptors (Lipinski definition) is 4. The van der Waals surface area contributed by atoms with Gasteiger partial charge in [-0.05, 0) is 12.1 Å². The number of nitrogens with zero attached hydrogens (tertiary/aromatic N) is 1. The smallest absolute Gasteiger partial charge is 0.124 e. The Morgan fingerprint density at radius 2 is 2.00 bits per heavy atom. The molecule has 0 saturated carbocycles. The molecule has 0 unspecified atom stereocenters. The van der Waals surface area contributed by atoms with Crippen LogP contribution < -0.4 is 0 Å². The second-order valence-electron chi connectivity index (χ2n) is 2.45. The van der Waals surface area contributed by atoms with Crippen molar-refractivity contribution in [2.24, 2.45) is 0 Å². The van der Waals surface area contributed by atoms with Gasteiger partial charge in [-0.3, -0.25) is 4.98 Å². The minimum atomic E-state index is -1.17. The lowest BCUT2D eigenvalue weighted by Gasteiger charge is -2.14. The zero-order valence-electron chi connectivity index (χ0n) is 6.87. The van der Waals surface area contributed by atoms with Crippen molar-refractivity contribution in [3.63, 3.8) is 0 Å². The third-order valence-electron chi connectivity index (χ3n) is 1.54. The van der Waals surface area contributed by atoms with Gasteiger partial charge in [-0.2, -0.15) is 0 Å². The van der Waals surface area contributed by atoms with Crippen LogP contribution in [0.2, 0.25) is 0 Å². The predicted octanol–water partition coefficient (Wildman–Crippen LogP) is -0.110. The lowest BCUT2D eigenvalue weighted by molar-refractivity contribution is -0.0172. The molecule has 0 bridgehead atoms. The molecule has 0 saturated heterocycles. The summed E-state index contributed by atoms with van der Waals surface area (Å²) in [7, 11) is 0. The number of aliphatic hydroxyl groups excluding tert-OH is 3. The molecule has 0 radical (unpaired) electrons. The van der Waals surface area contributed by atoms with Crippen LogP contribution in [0.25, 0.3) is 0 Å². The van der Waals surface area contributed by atoms with E-state index in [9.17, 15) is 5.11 Å². The fourth-order valence-electron chi connectivity index (χ4n) is 0.848. The fraction of sp³-hybridized carbons (Fsp3) is 0.375. The Kier molecular flexibility index (Phi) is 5.57. The van der Waals surface area contributed by atoms with Crippen LogP contribution in [0.3, 0.4) is 0 Å². The Bertz CT molecular complexity index is 232. The highest BCUT2D eigenvalue weighted by atomic mass is 35.5. The van der Waals surface area contributed by atoms with Crippen LogP contribution in [0, 0.1) is 0 Å². The number of halogens is 1. The highest BCUT2D eigenvalue weighted by molar-refractivity contribution is 5.85. The summed E-state index contributed by atoms with van der Waals surface area (Å²) >= 11 is 0. The molecule has 2 atom stereocenters. The first-order chi connectivity index (χ1) is 5.75. The largest absolute Gasteiger partial charge is 0.394 e. The minimum absolute atomic E-state index is 0. The average molecular weight is 206 g/mol. The monoisotopic (exact) mass is 205 g/mol. The van der Waals surface area contributed by atoms with Crippen LogP contribution in [-0.2, 0) is 0 Å². The molecule has 0 amide bonds. The lowest BCUT2D eigenvalue weighted by Crippen LogP contribution is -2.22. The maximum atomic E-state index is 9.32. The molecule has 0 spiro atoms. The average Bonchev–Trinajstić information content (AvgIpc) is 2.17. The van der Waals surface area contributed by atoms with Crippen molar-refractivity contribution < 1.29 is 15.3 Å². The standard InChI is InChI=1S/C8H11NO3.ClH/c10-5-7(11)8(12)6-3-1-2-4-9-6;/h1-4,7-8,10-12H,5H2;1H/t7-,8-;/m1./s1. The molecule has 0 aromatic carbocycles. The van der Waals surface area contributed by atoms with Gasteiger partial charge in [0.15, 0.2) is 0 Å². The van der Waals surface area contributed by atoms with E-state index in [4.69, 9.17) is 10.2 Å². The molecule has 1 rings (SSSR count). The lowest BCUT2D eigenvalue weighted by atomic mass is 10.1. The van der Waals surface area contributed by atoms with Crippen LogP contribution >= 0.6 is 12.4 Å². The summed E-state index contributed by atoms with van der Waals surface area (Å²) in [6, 6.07) is 5.00. The highest BCUT2D eigenvalue weighted by Gasteiger charge is 2.17. The van der Waals surface area contributed by atoms with Crippen molar-refractivity contribution in [1.82, 2.24) is 4.98 Å². The number of hydrogen-bond donors (Lipinski definition) is 3. The van der Waals surface area contributed by atoms with E-state index < -0.39 is 18.8 Å². The molecule has 0 fully saturated rings. The molecule has 1 aromatic heterocycles. The third kappa shape index (κ3) is 3.28. The first-order valence-corrected chi connectivity index (χ1v) is 3.63. The molecule has 0 aliphatic carbocycles. The van der Waals surface area contributed by atoms with Crippen LogP contribution in [-0.4, -0.2) is 33.0 Å². The summed E-state index contributed by atoms with van der Waals surface area (Å²) in [5, 5.41) is 26.9. The van der Waals surface area contributed by atoms with Crippen molar-refractivity contribution in [2.75, 3.05) is 6.61 Å². The van der Waals surface area contributed by atoms with Gasteiger partial charge in [0.1, 0.15) is 12.2 Å².